The Morgan fingerprint density at radius 1 is 0.486 bits per heavy atom. The molecule has 0 heterocycles. The number of hydrogen-bond acceptors (Lipinski definition) is 13. The van der Waals surface area contributed by atoms with Gasteiger partial charge in [0.1, 0.15) is 13.2 Å². The van der Waals surface area contributed by atoms with E-state index in [0.29, 0.717) is 99.1 Å². The van der Waals surface area contributed by atoms with Crippen LogP contribution in [0, 0.1) is 0 Å². The molecule has 0 saturated heterocycles. The van der Waals surface area contributed by atoms with Gasteiger partial charge in [-0.1, -0.05) is 0 Å². The van der Waals surface area contributed by atoms with Crippen LogP contribution in [0.3, 0.4) is 0 Å². The lowest BCUT2D eigenvalue weighted by molar-refractivity contribution is -0.140. The quantitative estimate of drug-likeness (QED) is 0.0624. The van der Waals surface area contributed by atoms with E-state index in [2.05, 4.69) is 5.48 Å². The highest BCUT2D eigenvalue weighted by Crippen LogP contribution is 1.85. The summed E-state index contributed by atoms with van der Waals surface area (Å²) in [6.45, 7) is 6.01. The van der Waals surface area contributed by atoms with Gasteiger partial charge in [-0.05, 0) is 0 Å². The van der Waals surface area contributed by atoms with Gasteiger partial charge in [-0.25, -0.2) is 5.48 Å². The average molecular weight is 545 g/mol. The van der Waals surface area contributed by atoms with E-state index in [0.717, 1.165) is 0 Å². The maximum atomic E-state index is 11.6. The number of carbonyl (C=O) groups is 2. The van der Waals surface area contributed by atoms with Crippen LogP contribution in [0.4, 0.5) is 0 Å². The number of hydrogen-bond donors (Lipinski definition) is 3. The van der Waals surface area contributed by atoms with Gasteiger partial charge in [0.25, 0.3) is 5.91 Å². The van der Waals surface area contributed by atoms with Crippen LogP contribution in [0.1, 0.15) is 0 Å². The second-order valence-electron chi connectivity index (χ2n) is 6.96. The van der Waals surface area contributed by atoms with Crippen LogP contribution in [0.25, 0.3) is 0 Å². The summed E-state index contributed by atoms with van der Waals surface area (Å²) in [5.74, 6) is -0.916. The third-order valence-corrected chi connectivity index (χ3v) is 3.83. The van der Waals surface area contributed by atoms with Crippen molar-refractivity contribution >= 4 is 11.8 Å². The Hall–Kier alpha value is -1.50. The summed E-state index contributed by atoms with van der Waals surface area (Å²) in [6, 6.07) is 0. The highest BCUT2D eigenvalue weighted by molar-refractivity contribution is 5.76. The molecule has 220 valence electrons. The molecule has 0 radical (unpaired) electrons. The van der Waals surface area contributed by atoms with Crippen molar-refractivity contribution in [3.05, 3.63) is 0 Å². The highest BCUT2D eigenvalue weighted by atomic mass is 16.7. The van der Waals surface area contributed by atoms with E-state index >= 15 is 0 Å². The number of primary amides is 1. The lowest BCUT2D eigenvalue weighted by Gasteiger charge is -2.09. The summed E-state index contributed by atoms with van der Waals surface area (Å²) in [5.41, 5.74) is 7.19. The predicted octanol–water partition coefficient (Wildman–Crippen LogP) is -2.34. The smallest absolute Gasteiger partial charge is 0.269 e. The molecule has 37 heavy (non-hydrogen) atoms. The van der Waals surface area contributed by atoms with Crippen LogP contribution in [0.5, 0.6) is 0 Å². The maximum Gasteiger partial charge on any atom is 0.269 e. The molecule has 0 atom stereocenters. The second kappa shape index (κ2) is 30.7. The zero-order chi connectivity index (χ0) is 27.1. The Labute approximate surface area is 217 Å². The van der Waals surface area contributed by atoms with Crippen LogP contribution < -0.4 is 11.2 Å². The third-order valence-electron chi connectivity index (χ3n) is 3.83. The fraction of sp³-hybridized carbons (Fsp3) is 0.909. The van der Waals surface area contributed by atoms with Crippen molar-refractivity contribution in [1.82, 2.24) is 5.48 Å². The van der Waals surface area contributed by atoms with E-state index in [4.69, 9.17) is 58.3 Å². The number of hydroxylamine groups is 1. The van der Waals surface area contributed by atoms with E-state index in [1.165, 1.54) is 0 Å². The third kappa shape index (κ3) is 32.5. The van der Waals surface area contributed by atoms with Crippen molar-refractivity contribution in [1.29, 1.82) is 0 Å². The lowest BCUT2D eigenvalue weighted by Crippen LogP contribution is -2.29. The summed E-state index contributed by atoms with van der Waals surface area (Å²) in [7, 11) is 0. The van der Waals surface area contributed by atoms with E-state index in [-0.39, 0.29) is 33.0 Å². The number of amides is 2. The van der Waals surface area contributed by atoms with Gasteiger partial charge in [0.05, 0.1) is 119 Å². The Balaban J connectivity index is 3.15. The van der Waals surface area contributed by atoms with Gasteiger partial charge >= 0.3 is 0 Å². The monoisotopic (exact) mass is 544 g/mol. The summed E-state index contributed by atoms with van der Waals surface area (Å²) >= 11 is 0. The van der Waals surface area contributed by atoms with E-state index in [9.17, 15) is 9.59 Å². The second-order valence-corrected chi connectivity index (χ2v) is 6.96. The number of aliphatic hydroxyl groups is 1. The summed E-state index contributed by atoms with van der Waals surface area (Å²) in [5, 5.41) is 8.54. The Morgan fingerprint density at radius 2 is 0.811 bits per heavy atom. The van der Waals surface area contributed by atoms with E-state index in [1.54, 1.807) is 0 Å². The van der Waals surface area contributed by atoms with Gasteiger partial charge in [-0.2, -0.15) is 0 Å². The zero-order valence-electron chi connectivity index (χ0n) is 21.6. The Kier molecular flexibility index (Phi) is 29.5. The topological polar surface area (TPSA) is 185 Å². The predicted molar refractivity (Wildman–Crippen MR) is 128 cm³/mol. The molecule has 0 aliphatic rings. The number of ether oxygens (including phenoxy) is 9. The van der Waals surface area contributed by atoms with Gasteiger partial charge in [-0.15, -0.1) is 0 Å². The molecular weight excluding hydrogens is 500 g/mol. The molecule has 0 spiro atoms. The molecule has 0 aromatic heterocycles. The van der Waals surface area contributed by atoms with Crippen LogP contribution in [0.15, 0.2) is 0 Å². The molecule has 4 N–H and O–H groups in total. The average Bonchev–Trinajstić information content (AvgIpc) is 2.88. The molecule has 0 rings (SSSR count). The largest absolute Gasteiger partial charge is 0.394 e. The molecule has 0 aliphatic carbocycles. The van der Waals surface area contributed by atoms with Crippen molar-refractivity contribution in [3.8, 4) is 0 Å². The number of nitrogens with two attached hydrogens (primary N) is 1. The van der Waals surface area contributed by atoms with Crippen LogP contribution in [-0.4, -0.2) is 149 Å². The van der Waals surface area contributed by atoms with Gasteiger partial charge in [0.2, 0.25) is 5.91 Å². The van der Waals surface area contributed by atoms with E-state index in [1.807, 2.05) is 0 Å². The zero-order valence-corrected chi connectivity index (χ0v) is 21.6. The van der Waals surface area contributed by atoms with Crippen molar-refractivity contribution in [2.45, 2.75) is 0 Å². The van der Waals surface area contributed by atoms with Crippen LogP contribution >= 0.6 is 0 Å². The fourth-order valence-electron chi connectivity index (χ4n) is 2.20. The Bertz CT molecular complexity index is 503. The van der Waals surface area contributed by atoms with Gasteiger partial charge in [0, 0.05) is 0 Å². The minimum Gasteiger partial charge on any atom is -0.394 e. The summed E-state index contributed by atoms with van der Waals surface area (Å²) in [4.78, 5) is 27.0. The molecule has 0 saturated carbocycles. The highest BCUT2D eigenvalue weighted by Gasteiger charge is 2.01. The van der Waals surface area contributed by atoms with Crippen molar-refractivity contribution in [3.63, 3.8) is 0 Å². The standard InChI is InChI=1S/C22H44N2O13/c23-21(26)19-35-15-13-32-9-8-30-5-6-31-11-12-34-17-18-37-24-22(27)20-36-16-14-33-10-7-29-4-3-28-2-1-25/h25H,1-20H2,(H2,23,26)(H,24,27). The summed E-state index contributed by atoms with van der Waals surface area (Å²) < 4.78 is 47.0. The van der Waals surface area contributed by atoms with Gasteiger partial charge < -0.3 is 53.5 Å². The number of aliphatic hydroxyl groups excluding tert-OH is 1. The molecule has 2 amide bonds. The maximum absolute atomic E-state index is 11.6. The molecule has 0 fully saturated rings. The SMILES string of the molecule is NC(=O)COCCOCCOCCOCCOCCONC(=O)COCCOCCOCCOCCO. The normalized spacial score (nSPS) is 11.2. The van der Waals surface area contributed by atoms with Crippen molar-refractivity contribution in [2.75, 3.05) is 132 Å². The van der Waals surface area contributed by atoms with Crippen molar-refractivity contribution in [2.24, 2.45) is 5.73 Å². The molecule has 0 aromatic rings. The molecule has 0 unspecified atom stereocenters. The first-order valence-electron chi connectivity index (χ1n) is 12.2. The fourth-order valence-corrected chi connectivity index (χ4v) is 2.20. The molecule has 15 heteroatoms. The molecule has 0 aliphatic heterocycles. The summed E-state index contributed by atoms with van der Waals surface area (Å²) in [6.07, 6.45) is 0. The Morgan fingerprint density at radius 3 is 1.19 bits per heavy atom. The number of nitrogens with one attached hydrogen (secondary N) is 1. The molecule has 15 nitrogen and oxygen atoms in total. The molecule has 0 bridgehead atoms. The minimum atomic E-state index is -0.510. The van der Waals surface area contributed by atoms with Crippen molar-refractivity contribution < 1.29 is 62.2 Å². The first-order chi connectivity index (χ1) is 18.2. The van der Waals surface area contributed by atoms with Gasteiger partial charge in [-0.3, -0.25) is 14.4 Å². The minimum absolute atomic E-state index is 0.00349. The first-order valence-corrected chi connectivity index (χ1v) is 12.2. The number of carbonyl (C=O) groups excluding carboxylic acids is 2. The van der Waals surface area contributed by atoms with Gasteiger partial charge in [0.15, 0.2) is 0 Å². The van der Waals surface area contributed by atoms with Crippen LogP contribution in [-0.2, 0) is 57.1 Å². The molecular formula is C22H44N2O13. The van der Waals surface area contributed by atoms with Crippen LogP contribution in [0.2, 0.25) is 0 Å². The lowest BCUT2D eigenvalue weighted by atomic mass is 10.6. The molecule has 0 aromatic carbocycles. The van der Waals surface area contributed by atoms with E-state index < -0.39 is 11.8 Å². The number of rotatable bonds is 31. The first kappa shape index (κ1) is 35.5.